The number of carbonyl (C=O) groups is 2. The smallest absolute Gasteiger partial charge is 0.343 e. The van der Waals surface area contributed by atoms with Gasteiger partial charge in [0.05, 0.1) is 23.4 Å². The molecule has 0 fully saturated rings. The predicted molar refractivity (Wildman–Crippen MR) is 136 cm³/mol. The first-order valence-electron chi connectivity index (χ1n) is 10.9. The second kappa shape index (κ2) is 12.8. The average molecular weight is 515 g/mol. The van der Waals surface area contributed by atoms with Gasteiger partial charge in [-0.2, -0.15) is 5.10 Å². The minimum Gasteiger partial charge on any atom is -0.494 e. The Morgan fingerprint density at radius 3 is 2.34 bits per heavy atom. The van der Waals surface area contributed by atoms with Gasteiger partial charge in [-0.15, -0.1) is 0 Å². The Balaban J connectivity index is 1.49. The molecule has 9 heteroatoms. The van der Waals surface area contributed by atoms with Crippen molar-refractivity contribution in [3.05, 3.63) is 87.9 Å². The summed E-state index contributed by atoms with van der Waals surface area (Å²) < 4.78 is 16.4. The van der Waals surface area contributed by atoms with E-state index in [9.17, 15) is 9.59 Å². The molecular formula is C26H24Cl2N2O5. The Morgan fingerprint density at radius 1 is 1.00 bits per heavy atom. The number of carbonyl (C=O) groups excluding carboxylic acids is 2. The van der Waals surface area contributed by atoms with Crippen molar-refractivity contribution >= 4 is 41.3 Å². The van der Waals surface area contributed by atoms with E-state index >= 15 is 0 Å². The van der Waals surface area contributed by atoms with Crippen LogP contribution in [0.2, 0.25) is 10.0 Å². The number of rotatable bonds is 10. The van der Waals surface area contributed by atoms with Crippen molar-refractivity contribution in [3.63, 3.8) is 0 Å². The summed E-state index contributed by atoms with van der Waals surface area (Å²) in [7, 11) is 0. The van der Waals surface area contributed by atoms with Crippen LogP contribution in [0.4, 0.5) is 0 Å². The molecule has 1 unspecified atom stereocenters. The van der Waals surface area contributed by atoms with Crippen molar-refractivity contribution in [1.29, 1.82) is 0 Å². The Morgan fingerprint density at radius 2 is 1.69 bits per heavy atom. The van der Waals surface area contributed by atoms with Crippen LogP contribution in [0, 0.1) is 0 Å². The lowest BCUT2D eigenvalue weighted by Crippen LogP contribution is -2.33. The number of nitrogens with zero attached hydrogens (tertiary/aromatic N) is 1. The van der Waals surface area contributed by atoms with Crippen molar-refractivity contribution in [2.45, 2.75) is 26.4 Å². The topological polar surface area (TPSA) is 86.2 Å². The summed E-state index contributed by atoms with van der Waals surface area (Å²) in [5.74, 6) is 0.492. The molecule has 0 aromatic heterocycles. The van der Waals surface area contributed by atoms with Crippen LogP contribution < -0.4 is 19.6 Å². The van der Waals surface area contributed by atoms with Crippen molar-refractivity contribution in [2.75, 3.05) is 6.61 Å². The lowest BCUT2D eigenvalue weighted by molar-refractivity contribution is -0.127. The van der Waals surface area contributed by atoms with Gasteiger partial charge >= 0.3 is 5.97 Å². The minimum atomic E-state index is -0.833. The number of amides is 1. The van der Waals surface area contributed by atoms with Crippen LogP contribution in [0.3, 0.4) is 0 Å². The molecule has 35 heavy (non-hydrogen) atoms. The number of esters is 1. The highest BCUT2D eigenvalue weighted by molar-refractivity contribution is 6.35. The Hall–Kier alpha value is -3.55. The fraction of sp³-hybridized carbons (Fsp3) is 0.192. The fourth-order valence-electron chi connectivity index (χ4n) is 2.77. The Bertz CT molecular complexity index is 1180. The summed E-state index contributed by atoms with van der Waals surface area (Å²) >= 11 is 11.9. The predicted octanol–water partition coefficient (Wildman–Crippen LogP) is 5.92. The first-order chi connectivity index (χ1) is 16.9. The molecule has 3 aromatic rings. The second-order valence-corrected chi connectivity index (χ2v) is 8.24. The van der Waals surface area contributed by atoms with Gasteiger partial charge in [-0.3, -0.25) is 4.79 Å². The molecule has 182 valence electrons. The lowest BCUT2D eigenvalue weighted by Gasteiger charge is -2.14. The van der Waals surface area contributed by atoms with Gasteiger partial charge in [0, 0.05) is 5.02 Å². The van der Waals surface area contributed by atoms with Crippen LogP contribution in [-0.4, -0.2) is 30.8 Å². The molecule has 0 aliphatic heterocycles. The molecule has 0 bridgehead atoms. The average Bonchev–Trinajstić information content (AvgIpc) is 2.85. The highest BCUT2D eigenvalue weighted by Crippen LogP contribution is 2.28. The fourth-order valence-corrected chi connectivity index (χ4v) is 3.22. The molecule has 3 rings (SSSR count). The summed E-state index contributed by atoms with van der Waals surface area (Å²) in [4.78, 5) is 24.6. The summed E-state index contributed by atoms with van der Waals surface area (Å²) in [6.45, 7) is 4.22. The SMILES string of the molecule is CCCOc1ccc(C(=O)Oc2ccc(/C=N/NC(=O)C(C)Oc3ccc(Cl)cc3Cl)cc2)cc1. The van der Waals surface area contributed by atoms with Crippen LogP contribution >= 0.6 is 23.2 Å². The number of hydrazone groups is 1. The van der Waals surface area contributed by atoms with E-state index in [1.54, 1.807) is 67.6 Å². The molecule has 0 radical (unpaired) electrons. The van der Waals surface area contributed by atoms with E-state index in [1.165, 1.54) is 12.3 Å². The Kier molecular flexibility index (Phi) is 9.52. The van der Waals surface area contributed by atoms with E-state index in [0.29, 0.717) is 45.0 Å². The van der Waals surface area contributed by atoms with Crippen LogP contribution in [0.25, 0.3) is 0 Å². The molecule has 1 atom stereocenters. The second-order valence-electron chi connectivity index (χ2n) is 7.40. The Labute approximate surface area is 213 Å². The quantitative estimate of drug-likeness (QED) is 0.157. The van der Waals surface area contributed by atoms with Crippen molar-refractivity contribution in [1.82, 2.24) is 5.43 Å². The molecule has 0 saturated carbocycles. The largest absolute Gasteiger partial charge is 0.494 e. The maximum Gasteiger partial charge on any atom is 0.343 e. The van der Waals surface area contributed by atoms with E-state index in [0.717, 1.165) is 6.42 Å². The molecule has 7 nitrogen and oxygen atoms in total. The van der Waals surface area contributed by atoms with E-state index in [1.807, 2.05) is 6.92 Å². The maximum absolute atomic E-state index is 12.3. The van der Waals surface area contributed by atoms with Gasteiger partial charge in [-0.05, 0) is 85.6 Å². The molecule has 1 amide bonds. The van der Waals surface area contributed by atoms with E-state index in [2.05, 4.69) is 10.5 Å². The molecule has 1 N–H and O–H groups in total. The molecule has 0 spiro atoms. The summed E-state index contributed by atoms with van der Waals surface area (Å²) in [6, 6.07) is 18.2. The van der Waals surface area contributed by atoms with Gasteiger partial charge in [0.15, 0.2) is 6.10 Å². The molecule has 0 saturated heterocycles. The number of hydrogen-bond donors (Lipinski definition) is 1. The number of hydrogen-bond acceptors (Lipinski definition) is 6. The summed E-state index contributed by atoms with van der Waals surface area (Å²) in [6.07, 6.45) is 1.53. The molecule has 0 aliphatic carbocycles. The molecule has 0 heterocycles. The van der Waals surface area contributed by atoms with Crippen LogP contribution in [0.1, 0.15) is 36.2 Å². The third kappa shape index (κ3) is 8.02. The first kappa shape index (κ1) is 26.1. The number of benzene rings is 3. The summed E-state index contributed by atoms with van der Waals surface area (Å²) in [5.41, 5.74) is 3.52. The zero-order chi connectivity index (χ0) is 25.2. The third-order valence-electron chi connectivity index (χ3n) is 4.61. The highest BCUT2D eigenvalue weighted by atomic mass is 35.5. The standard InChI is InChI=1S/C26H24Cl2N2O5/c1-3-14-33-21-11-6-19(7-12-21)26(32)35-22-9-4-18(5-10-22)16-29-30-25(31)17(2)34-24-13-8-20(27)15-23(24)28/h4-13,15-17H,3,14H2,1-2H3,(H,30,31)/b29-16+. The van der Waals surface area contributed by atoms with E-state index in [4.69, 9.17) is 37.4 Å². The van der Waals surface area contributed by atoms with Gasteiger partial charge in [-0.25, -0.2) is 10.2 Å². The van der Waals surface area contributed by atoms with Crippen LogP contribution in [0.5, 0.6) is 17.2 Å². The normalized spacial score (nSPS) is 11.7. The highest BCUT2D eigenvalue weighted by Gasteiger charge is 2.15. The number of nitrogens with one attached hydrogen (secondary N) is 1. The molecule has 3 aromatic carbocycles. The number of halogens is 2. The molecular weight excluding hydrogens is 491 g/mol. The van der Waals surface area contributed by atoms with Crippen molar-refractivity contribution < 1.29 is 23.8 Å². The first-order valence-corrected chi connectivity index (χ1v) is 11.6. The maximum atomic E-state index is 12.3. The zero-order valence-electron chi connectivity index (χ0n) is 19.2. The van der Waals surface area contributed by atoms with Gasteiger partial charge in [-0.1, -0.05) is 30.1 Å². The monoisotopic (exact) mass is 514 g/mol. The van der Waals surface area contributed by atoms with E-state index < -0.39 is 18.0 Å². The van der Waals surface area contributed by atoms with Gasteiger partial charge in [0.1, 0.15) is 17.2 Å². The van der Waals surface area contributed by atoms with Gasteiger partial charge < -0.3 is 14.2 Å². The van der Waals surface area contributed by atoms with Gasteiger partial charge in [0.25, 0.3) is 5.91 Å². The zero-order valence-corrected chi connectivity index (χ0v) is 20.7. The van der Waals surface area contributed by atoms with Crippen molar-refractivity contribution in [3.8, 4) is 17.2 Å². The molecule has 0 aliphatic rings. The van der Waals surface area contributed by atoms with Crippen molar-refractivity contribution in [2.24, 2.45) is 5.10 Å². The third-order valence-corrected chi connectivity index (χ3v) is 5.14. The van der Waals surface area contributed by atoms with Gasteiger partial charge in [0.2, 0.25) is 0 Å². The van der Waals surface area contributed by atoms with Crippen LogP contribution in [-0.2, 0) is 4.79 Å². The van der Waals surface area contributed by atoms with Crippen LogP contribution in [0.15, 0.2) is 71.8 Å². The lowest BCUT2D eigenvalue weighted by atomic mass is 10.2. The van der Waals surface area contributed by atoms with E-state index in [-0.39, 0.29) is 0 Å². The number of ether oxygens (including phenoxy) is 3. The minimum absolute atomic E-state index is 0.305. The summed E-state index contributed by atoms with van der Waals surface area (Å²) in [5, 5.41) is 4.70.